The number of carbonyl (C=O) groups is 3. The summed E-state index contributed by atoms with van der Waals surface area (Å²) in [6.45, 7) is 7.94. The molecule has 1 aromatic carbocycles. The molecular formula is C21H30N2O4. The molecule has 1 atom stereocenters. The van der Waals surface area contributed by atoms with Gasteiger partial charge in [-0.1, -0.05) is 38.1 Å². The van der Waals surface area contributed by atoms with Crippen LogP contribution in [0.5, 0.6) is 0 Å². The number of carboxylic acid groups (broad SMARTS) is 1. The first-order valence-corrected chi connectivity index (χ1v) is 9.49. The first kappa shape index (κ1) is 20.9. The summed E-state index contributed by atoms with van der Waals surface area (Å²) in [6, 6.07) is 7.31. The van der Waals surface area contributed by atoms with Crippen LogP contribution < -0.4 is 5.32 Å². The number of nitrogens with one attached hydrogen (secondary N) is 1. The summed E-state index contributed by atoms with van der Waals surface area (Å²) in [6.07, 6.45) is 1.21. The number of rotatable bonds is 7. The van der Waals surface area contributed by atoms with E-state index < -0.39 is 17.4 Å². The van der Waals surface area contributed by atoms with Crippen LogP contribution in [0.2, 0.25) is 0 Å². The van der Waals surface area contributed by atoms with E-state index in [1.165, 1.54) is 0 Å². The maximum absolute atomic E-state index is 12.8. The van der Waals surface area contributed by atoms with Crippen molar-refractivity contribution in [1.82, 2.24) is 10.2 Å². The van der Waals surface area contributed by atoms with Gasteiger partial charge >= 0.3 is 5.97 Å². The summed E-state index contributed by atoms with van der Waals surface area (Å²) < 4.78 is 0. The number of benzene rings is 1. The highest BCUT2D eigenvalue weighted by Crippen LogP contribution is 2.25. The number of aliphatic carboxylic acids is 1. The molecule has 6 nitrogen and oxygen atoms in total. The van der Waals surface area contributed by atoms with Crippen molar-refractivity contribution in [3.05, 3.63) is 35.4 Å². The predicted molar refractivity (Wildman–Crippen MR) is 103 cm³/mol. The Kier molecular flexibility index (Phi) is 6.63. The van der Waals surface area contributed by atoms with Crippen molar-refractivity contribution in [2.45, 2.75) is 59.5 Å². The Balaban J connectivity index is 2.11. The largest absolute Gasteiger partial charge is 0.481 e. The quantitative estimate of drug-likeness (QED) is 0.768. The van der Waals surface area contributed by atoms with Crippen molar-refractivity contribution < 1.29 is 19.5 Å². The van der Waals surface area contributed by atoms with Gasteiger partial charge in [-0.3, -0.25) is 14.4 Å². The minimum atomic E-state index is -0.903. The second kappa shape index (κ2) is 8.55. The molecule has 6 heteroatoms. The van der Waals surface area contributed by atoms with Crippen LogP contribution in [0.15, 0.2) is 24.3 Å². The highest BCUT2D eigenvalue weighted by molar-refractivity contribution is 5.88. The number of nitrogens with zero attached hydrogens (tertiary/aromatic N) is 1. The van der Waals surface area contributed by atoms with E-state index in [9.17, 15) is 19.5 Å². The van der Waals surface area contributed by atoms with Gasteiger partial charge in [0.25, 0.3) is 0 Å². The van der Waals surface area contributed by atoms with E-state index >= 15 is 0 Å². The topological polar surface area (TPSA) is 86.7 Å². The molecule has 27 heavy (non-hydrogen) atoms. The predicted octanol–water partition coefficient (Wildman–Crippen LogP) is 2.60. The summed E-state index contributed by atoms with van der Waals surface area (Å²) in [5.41, 5.74) is 1.25. The van der Waals surface area contributed by atoms with Gasteiger partial charge in [-0.05, 0) is 37.3 Å². The molecule has 0 aliphatic carbocycles. The fraction of sp³-hybridized carbons (Fsp3) is 0.571. The fourth-order valence-electron chi connectivity index (χ4n) is 3.21. The van der Waals surface area contributed by atoms with Crippen molar-refractivity contribution >= 4 is 17.8 Å². The van der Waals surface area contributed by atoms with Crippen LogP contribution in [0.1, 0.15) is 51.7 Å². The van der Waals surface area contributed by atoms with Crippen LogP contribution in [0.3, 0.4) is 0 Å². The van der Waals surface area contributed by atoms with Gasteiger partial charge in [0.05, 0.1) is 5.41 Å². The fourth-order valence-corrected chi connectivity index (χ4v) is 3.21. The van der Waals surface area contributed by atoms with Gasteiger partial charge in [0, 0.05) is 25.9 Å². The molecule has 0 spiro atoms. The lowest BCUT2D eigenvalue weighted by Crippen LogP contribution is -2.53. The Morgan fingerprint density at radius 1 is 1.22 bits per heavy atom. The lowest BCUT2D eigenvalue weighted by atomic mass is 9.89. The number of amides is 2. The second-order valence-electron chi connectivity index (χ2n) is 8.34. The van der Waals surface area contributed by atoms with E-state index in [4.69, 9.17) is 0 Å². The van der Waals surface area contributed by atoms with E-state index in [0.717, 1.165) is 11.1 Å². The van der Waals surface area contributed by atoms with Gasteiger partial charge < -0.3 is 15.3 Å². The van der Waals surface area contributed by atoms with Crippen molar-refractivity contribution in [3.8, 4) is 0 Å². The van der Waals surface area contributed by atoms with Crippen LogP contribution in [0.25, 0.3) is 0 Å². The summed E-state index contributed by atoms with van der Waals surface area (Å²) in [7, 11) is 0. The minimum Gasteiger partial charge on any atom is -0.481 e. The number of hydrogen-bond donors (Lipinski definition) is 2. The highest BCUT2D eigenvalue weighted by Gasteiger charge is 2.35. The molecule has 148 valence electrons. The van der Waals surface area contributed by atoms with Crippen molar-refractivity contribution in [1.29, 1.82) is 0 Å². The van der Waals surface area contributed by atoms with Crippen LogP contribution in [-0.4, -0.2) is 40.4 Å². The Bertz CT molecular complexity index is 712. The number of carbonyl (C=O) groups excluding carboxylic acids is 2. The molecular weight excluding hydrogens is 344 g/mol. The van der Waals surface area contributed by atoms with Crippen LogP contribution >= 0.6 is 0 Å². The van der Waals surface area contributed by atoms with E-state index in [1.807, 2.05) is 38.1 Å². The molecule has 1 aromatic rings. The van der Waals surface area contributed by atoms with Crippen molar-refractivity contribution in [2.24, 2.45) is 11.3 Å². The number of hydrogen-bond acceptors (Lipinski definition) is 3. The molecule has 2 N–H and O–H groups in total. The van der Waals surface area contributed by atoms with Crippen LogP contribution in [0, 0.1) is 11.3 Å². The molecule has 0 saturated carbocycles. The lowest BCUT2D eigenvalue weighted by Gasteiger charge is -2.36. The summed E-state index contributed by atoms with van der Waals surface area (Å²) in [5, 5.41) is 12.0. The first-order chi connectivity index (χ1) is 12.6. The minimum absolute atomic E-state index is 0.0227. The Labute approximate surface area is 160 Å². The molecule has 0 aromatic heterocycles. The van der Waals surface area contributed by atoms with Gasteiger partial charge in [0.15, 0.2) is 0 Å². The molecule has 2 amide bonds. The zero-order chi connectivity index (χ0) is 20.2. The number of carboxylic acids is 1. The van der Waals surface area contributed by atoms with E-state index in [2.05, 4.69) is 5.32 Å². The second-order valence-corrected chi connectivity index (χ2v) is 8.34. The third-order valence-electron chi connectivity index (χ3n) is 5.08. The molecule has 0 radical (unpaired) electrons. The Morgan fingerprint density at radius 2 is 1.85 bits per heavy atom. The SMILES string of the molecule is CC(C)CC(=O)N1Cc2ccccc2CC1C(=O)NCCC(C)(C)C(=O)O. The molecule has 2 rings (SSSR count). The molecule has 0 bridgehead atoms. The van der Waals surface area contributed by atoms with Crippen LogP contribution in [-0.2, 0) is 27.3 Å². The zero-order valence-corrected chi connectivity index (χ0v) is 16.6. The third kappa shape index (κ3) is 5.31. The standard InChI is InChI=1S/C21H30N2O4/c1-14(2)11-18(24)23-13-16-8-6-5-7-15(16)12-17(23)19(25)22-10-9-21(3,4)20(26)27/h5-8,14,17H,9-13H2,1-4H3,(H,22,25)(H,26,27). The Morgan fingerprint density at radius 3 is 2.44 bits per heavy atom. The van der Waals surface area contributed by atoms with Gasteiger partial charge in [-0.25, -0.2) is 0 Å². The van der Waals surface area contributed by atoms with Gasteiger partial charge in [-0.2, -0.15) is 0 Å². The van der Waals surface area contributed by atoms with Gasteiger partial charge in [0.2, 0.25) is 11.8 Å². The summed E-state index contributed by atoms with van der Waals surface area (Å²) >= 11 is 0. The molecule has 1 aliphatic rings. The van der Waals surface area contributed by atoms with Crippen molar-refractivity contribution in [2.75, 3.05) is 6.54 Å². The molecule has 0 fully saturated rings. The normalized spacial score (nSPS) is 16.8. The highest BCUT2D eigenvalue weighted by atomic mass is 16.4. The van der Waals surface area contributed by atoms with Gasteiger partial charge in [-0.15, -0.1) is 0 Å². The summed E-state index contributed by atoms with van der Waals surface area (Å²) in [5.74, 6) is -0.917. The number of fused-ring (bicyclic) bond motifs is 1. The first-order valence-electron chi connectivity index (χ1n) is 9.49. The lowest BCUT2D eigenvalue weighted by molar-refractivity contribution is -0.147. The van der Waals surface area contributed by atoms with E-state index in [-0.39, 0.29) is 24.3 Å². The average Bonchev–Trinajstić information content (AvgIpc) is 2.59. The smallest absolute Gasteiger partial charge is 0.309 e. The maximum Gasteiger partial charge on any atom is 0.309 e. The monoisotopic (exact) mass is 374 g/mol. The molecule has 1 unspecified atom stereocenters. The van der Waals surface area contributed by atoms with E-state index in [0.29, 0.717) is 25.8 Å². The van der Waals surface area contributed by atoms with E-state index in [1.54, 1.807) is 18.7 Å². The Hall–Kier alpha value is -2.37. The summed E-state index contributed by atoms with van der Waals surface area (Å²) in [4.78, 5) is 38.4. The molecule has 1 aliphatic heterocycles. The van der Waals surface area contributed by atoms with Crippen molar-refractivity contribution in [3.63, 3.8) is 0 Å². The maximum atomic E-state index is 12.8. The zero-order valence-electron chi connectivity index (χ0n) is 16.6. The average molecular weight is 374 g/mol. The molecule has 0 saturated heterocycles. The molecule has 1 heterocycles. The van der Waals surface area contributed by atoms with Crippen LogP contribution in [0.4, 0.5) is 0 Å². The van der Waals surface area contributed by atoms with Gasteiger partial charge in [0.1, 0.15) is 6.04 Å². The third-order valence-corrected chi connectivity index (χ3v) is 5.08.